The molecule has 0 unspecified atom stereocenters. The summed E-state index contributed by atoms with van der Waals surface area (Å²) < 4.78 is 29.3. The number of rotatable bonds is 9. The van der Waals surface area contributed by atoms with E-state index >= 15 is 0 Å². The number of carbonyl (C=O) groups excluding carboxylic acids is 3. The molecule has 0 radical (unpaired) electrons. The average Bonchev–Trinajstić information content (AvgIpc) is 2.66. The maximum atomic E-state index is 13.4. The number of phosphoric acid groups is 1. The number of hydrogen-bond donors (Lipinski definition) is 0. The van der Waals surface area contributed by atoms with Crippen molar-refractivity contribution in [2.75, 3.05) is 42.3 Å². The predicted octanol–water partition coefficient (Wildman–Crippen LogP) is 2.12. The van der Waals surface area contributed by atoms with Gasteiger partial charge in [-0.05, 0) is 39.0 Å². The zero-order valence-electron chi connectivity index (χ0n) is 18.4. The second-order valence-corrected chi connectivity index (χ2v) is 7.72. The van der Waals surface area contributed by atoms with E-state index in [0.717, 1.165) is 0 Å². The van der Waals surface area contributed by atoms with Crippen molar-refractivity contribution in [3.63, 3.8) is 0 Å². The zero-order chi connectivity index (χ0) is 22.9. The molecule has 0 aliphatic heterocycles. The van der Waals surface area contributed by atoms with Crippen LogP contribution in [0.25, 0.3) is 0 Å². The van der Waals surface area contributed by atoms with E-state index < -0.39 is 25.5 Å². The van der Waals surface area contributed by atoms with E-state index in [-0.39, 0.29) is 17.3 Å². The molecule has 0 N–H and O–H groups in total. The van der Waals surface area contributed by atoms with Crippen LogP contribution in [0.3, 0.4) is 0 Å². The molecule has 164 valence electrons. The van der Waals surface area contributed by atoms with Crippen molar-refractivity contribution < 1.29 is 32.5 Å². The Morgan fingerprint density at radius 3 is 0.931 bits per heavy atom. The number of nitrogens with zero attached hydrogens (tertiary/aromatic N) is 3. The number of amides is 3. The molecule has 0 aliphatic rings. The summed E-state index contributed by atoms with van der Waals surface area (Å²) in [5, 5.41) is 0. The van der Waals surface area contributed by atoms with Crippen molar-refractivity contribution in [2.24, 2.45) is 0 Å². The molecular formula is C18H30N3O7P. The molecule has 3 amide bonds. The average molecular weight is 431 g/mol. The van der Waals surface area contributed by atoms with Crippen molar-refractivity contribution in [3.05, 3.63) is 35.5 Å². The van der Waals surface area contributed by atoms with Crippen LogP contribution in [0.2, 0.25) is 0 Å². The van der Waals surface area contributed by atoms with Crippen LogP contribution in [0, 0.1) is 0 Å². The lowest BCUT2D eigenvalue weighted by Gasteiger charge is -2.24. The molecule has 0 bridgehead atoms. The first-order valence-corrected chi connectivity index (χ1v) is 10.1. The highest BCUT2D eigenvalue weighted by Gasteiger charge is 2.40. The van der Waals surface area contributed by atoms with Crippen LogP contribution < -0.4 is 0 Å². The Hall–Kier alpha value is -2.74. The van der Waals surface area contributed by atoms with Gasteiger partial charge in [-0.25, -0.2) is 0 Å². The fraction of sp³-hybridized carbons (Fsp3) is 0.500. The standard InChI is InChI=1S/C18H30N3O7P/c1-10-13(16(22)19(4)5)26-29(25,27-14(11-2)17(23)20(6)7)28-15(12-3)18(24)21(8)9/h10-12H,1-9H3/b13-10+,14-11+,15-12+. The van der Waals surface area contributed by atoms with Gasteiger partial charge in [-0.3, -0.25) is 14.4 Å². The first-order chi connectivity index (χ1) is 13.3. The Morgan fingerprint density at radius 1 is 0.586 bits per heavy atom. The molecule has 0 rings (SSSR count). The Morgan fingerprint density at radius 2 is 0.793 bits per heavy atom. The molecule has 0 spiro atoms. The fourth-order valence-corrected chi connectivity index (χ4v) is 3.11. The van der Waals surface area contributed by atoms with Gasteiger partial charge in [0, 0.05) is 42.3 Å². The van der Waals surface area contributed by atoms with Gasteiger partial charge in [0.05, 0.1) is 0 Å². The molecule has 0 aliphatic carbocycles. The van der Waals surface area contributed by atoms with E-state index in [9.17, 15) is 18.9 Å². The van der Waals surface area contributed by atoms with Crippen molar-refractivity contribution >= 4 is 25.5 Å². The van der Waals surface area contributed by atoms with Crippen LogP contribution >= 0.6 is 7.82 Å². The topological polar surface area (TPSA) is 106 Å². The van der Waals surface area contributed by atoms with Crippen molar-refractivity contribution in [3.8, 4) is 0 Å². The van der Waals surface area contributed by atoms with Gasteiger partial charge in [0.15, 0.2) is 17.3 Å². The fourth-order valence-electron chi connectivity index (χ4n) is 1.72. The molecule has 10 nitrogen and oxygen atoms in total. The highest BCUT2D eigenvalue weighted by molar-refractivity contribution is 7.49. The third-order valence-corrected chi connectivity index (χ3v) is 4.53. The normalized spacial score (nSPS) is 12.8. The second-order valence-electron chi connectivity index (χ2n) is 6.28. The SMILES string of the molecule is C/C=C(/OP(=O)(O/C(=C/C)C(=O)N(C)C)O/C(=C/C)C(=O)N(C)C)C(=O)N(C)C. The lowest BCUT2D eigenvalue weighted by Crippen LogP contribution is -2.27. The molecule has 0 aromatic heterocycles. The smallest absolute Gasteiger partial charge is 0.380 e. The van der Waals surface area contributed by atoms with Gasteiger partial charge in [0.25, 0.3) is 17.7 Å². The summed E-state index contributed by atoms with van der Waals surface area (Å²) in [7, 11) is 4.18. The first kappa shape index (κ1) is 26.3. The van der Waals surface area contributed by atoms with Crippen LogP contribution in [0.1, 0.15) is 20.8 Å². The Bertz CT molecular complexity index is 668. The minimum atomic E-state index is -4.67. The molecule has 0 heterocycles. The predicted molar refractivity (Wildman–Crippen MR) is 108 cm³/mol. The highest BCUT2D eigenvalue weighted by atomic mass is 31.2. The molecule has 0 saturated carbocycles. The molecule has 29 heavy (non-hydrogen) atoms. The Labute approximate surface area is 172 Å². The van der Waals surface area contributed by atoms with Gasteiger partial charge in [-0.15, -0.1) is 0 Å². The van der Waals surface area contributed by atoms with Crippen LogP contribution in [-0.4, -0.2) is 74.7 Å². The van der Waals surface area contributed by atoms with Crippen LogP contribution in [0.15, 0.2) is 35.5 Å². The van der Waals surface area contributed by atoms with Crippen molar-refractivity contribution in [2.45, 2.75) is 20.8 Å². The zero-order valence-corrected chi connectivity index (χ0v) is 19.3. The quantitative estimate of drug-likeness (QED) is 0.313. The maximum Gasteiger partial charge on any atom is 0.647 e. The van der Waals surface area contributed by atoms with E-state index in [2.05, 4.69) is 0 Å². The summed E-state index contributed by atoms with van der Waals surface area (Å²) in [5.41, 5.74) is 0. The molecule has 0 aromatic carbocycles. The van der Waals surface area contributed by atoms with E-state index in [1.54, 1.807) is 0 Å². The van der Waals surface area contributed by atoms with Gasteiger partial charge < -0.3 is 28.3 Å². The summed E-state index contributed by atoms with van der Waals surface area (Å²) in [6.07, 6.45) is 3.82. The molecule has 0 saturated heterocycles. The maximum absolute atomic E-state index is 13.4. The third-order valence-electron chi connectivity index (χ3n) is 3.27. The highest BCUT2D eigenvalue weighted by Crippen LogP contribution is 2.55. The largest absolute Gasteiger partial charge is 0.647 e. The lowest BCUT2D eigenvalue weighted by atomic mass is 10.4. The minimum Gasteiger partial charge on any atom is -0.380 e. The molecule has 0 fully saturated rings. The van der Waals surface area contributed by atoms with E-state index in [1.165, 1.54) is 96.0 Å². The van der Waals surface area contributed by atoms with Gasteiger partial charge in [-0.2, -0.15) is 4.57 Å². The summed E-state index contributed by atoms with van der Waals surface area (Å²) in [6.45, 7) is 4.47. The molecule has 0 atom stereocenters. The van der Waals surface area contributed by atoms with Crippen molar-refractivity contribution in [1.29, 1.82) is 0 Å². The van der Waals surface area contributed by atoms with Crippen LogP contribution in [-0.2, 0) is 32.5 Å². The Kier molecular flexibility index (Phi) is 10.2. The third kappa shape index (κ3) is 7.65. The van der Waals surface area contributed by atoms with Crippen molar-refractivity contribution in [1.82, 2.24) is 14.7 Å². The van der Waals surface area contributed by atoms with Gasteiger partial charge >= 0.3 is 7.82 Å². The second kappa shape index (κ2) is 11.3. The van der Waals surface area contributed by atoms with E-state index in [0.29, 0.717) is 0 Å². The van der Waals surface area contributed by atoms with Gasteiger partial charge in [0.1, 0.15) is 0 Å². The molecule has 11 heteroatoms. The number of carbonyl (C=O) groups is 3. The first-order valence-electron chi connectivity index (χ1n) is 8.66. The van der Waals surface area contributed by atoms with Crippen LogP contribution in [0.4, 0.5) is 0 Å². The summed E-state index contributed by atoms with van der Waals surface area (Å²) >= 11 is 0. The van der Waals surface area contributed by atoms with Crippen LogP contribution in [0.5, 0.6) is 0 Å². The summed E-state index contributed by atoms with van der Waals surface area (Å²) in [5.74, 6) is -2.83. The molecular weight excluding hydrogens is 401 g/mol. The number of likely N-dealkylation sites (N-methyl/N-ethyl adjacent to an activating group) is 3. The lowest BCUT2D eigenvalue weighted by molar-refractivity contribution is -0.127. The summed E-state index contributed by atoms with van der Waals surface area (Å²) in [4.78, 5) is 40.4. The number of hydrogen-bond acceptors (Lipinski definition) is 7. The molecule has 0 aromatic rings. The minimum absolute atomic E-state index is 0.334. The monoisotopic (exact) mass is 431 g/mol. The summed E-state index contributed by atoms with van der Waals surface area (Å²) in [6, 6.07) is 0. The Balaban J connectivity index is 6.17. The van der Waals surface area contributed by atoms with E-state index in [4.69, 9.17) is 13.6 Å². The number of phosphoric ester groups is 1. The van der Waals surface area contributed by atoms with E-state index in [1.807, 2.05) is 0 Å². The van der Waals surface area contributed by atoms with Gasteiger partial charge in [0.2, 0.25) is 0 Å². The number of allylic oxidation sites excluding steroid dienone is 3. The van der Waals surface area contributed by atoms with Gasteiger partial charge in [-0.1, -0.05) is 0 Å².